The first-order chi connectivity index (χ1) is 8.28. The standard InChI is InChI=1S/C13H17BrN2O2/c1-13(2,18)3-4-16-7-8-5-11(15)10(14)6-9(8)12(16)17/h5-6,18H,3-4,7,15H2,1-2H3. The third-order valence-electron chi connectivity index (χ3n) is 3.09. The van der Waals surface area contributed by atoms with Crippen LogP contribution in [0.3, 0.4) is 0 Å². The highest BCUT2D eigenvalue weighted by Crippen LogP contribution is 2.30. The third kappa shape index (κ3) is 2.67. The number of anilines is 1. The molecule has 1 aromatic carbocycles. The molecule has 0 radical (unpaired) electrons. The second kappa shape index (κ2) is 4.55. The Labute approximate surface area is 115 Å². The summed E-state index contributed by atoms with van der Waals surface area (Å²) in [6.45, 7) is 4.61. The van der Waals surface area contributed by atoms with Crippen LogP contribution >= 0.6 is 15.9 Å². The van der Waals surface area contributed by atoms with Crippen molar-refractivity contribution in [3.63, 3.8) is 0 Å². The Bertz CT molecular complexity index is 494. The predicted octanol–water partition coefficient (Wildman–Crippen LogP) is 2.15. The first-order valence-electron chi connectivity index (χ1n) is 5.87. The van der Waals surface area contributed by atoms with Gasteiger partial charge >= 0.3 is 0 Å². The molecule has 5 heteroatoms. The highest BCUT2D eigenvalue weighted by atomic mass is 79.9. The molecule has 0 bridgehead atoms. The lowest BCUT2D eigenvalue weighted by molar-refractivity contribution is 0.0517. The molecule has 0 unspecified atom stereocenters. The Balaban J connectivity index is 2.15. The van der Waals surface area contributed by atoms with Crippen molar-refractivity contribution in [2.45, 2.75) is 32.4 Å². The molecule has 18 heavy (non-hydrogen) atoms. The quantitative estimate of drug-likeness (QED) is 0.840. The van der Waals surface area contributed by atoms with Crippen LogP contribution in [0.1, 0.15) is 36.2 Å². The molecule has 0 fully saturated rings. The van der Waals surface area contributed by atoms with Crippen molar-refractivity contribution in [2.75, 3.05) is 12.3 Å². The van der Waals surface area contributed by atoms with Gasteiger partial charge in [0.25, 0.3) is 5.91 Å². The van der Waals surface area contributed by atoms with Gasteiger partial charge in [0.05, 0.1) is 5.60 Å². The molecule has 98 valence electrons. The second-order valence-electron chi connectivity index (χ2n) is 5.32. The van der Waals surface area contributed by atoms with E-state index in [0.717, 1.165) is 10.0 Å². The molecule has 1 aliphatic heterocycles. The number of hydrogen-bond acceptors (Lipinski definition) is 3. The zero-order chi connectivity index (χ0) is 13.5. The summed E-state index contributed by atoms with van der Waals surface area (Å²) in [4.78, 5) is 13.9. The van der Waals surface area contributed by atoms with Crippen LogP contribution in [0.2, 0.25) is 0 Å². The van der Waals surface area contributed by atoms with Gasteiger partial charge in [0, 0.05) is 28.8 Å². The molecule has 0 aromatic heterocycles. The normalized spacial score (nSPS) is 15.1. The number of hydrogen-bond donors (Lipinski definition) is 2. The summed E-state index contributed by atoms with van der Waals surface area (Å²) in [5.74, 6) is 0.00921. The number of halogens is 1. The third-order valence-corrected chi connectivity index (χ3v) is 3.78. The number of nitrogens with two attached hydrogens (primary N) is 1. The molecule has 0 saturated heterocycles. The summed E-state index contributed by atoms with van der Waals surface area (Å²) in [6.07, 6.45) is 0.559. The van der Waals surface area contributed by atoms with Gasteiger partial charge in [-0.25, -0.2) is 0 Å². The van der Waals surface area contributed by atoms with Crippen molar-refractivity contribution in [2.24, 2.45) is 0 Å². The number of nitrogens with zero attached hydrogens (tertiary/aromatic N) is 1. The maximum atomic E-state index is 12.2. The highest BCUT2D eigenvalue weighted by Gasteiger charge is 2.29. The van der Waals surface area contributed by atoms with E-state index in [1.165, 1.54) is 0 Å². The second-order valence-corrected chi connectivity index (χ2v) is 6.17. The van der Waals surface area contributed by atoms with Crippen LogP contribution in [0.25, 0.3) is 0 Å². The lowest BCUT2D eigenvalue weighted by Crippen LogP contribution is -2.31. The number of amides is 1. The monoisotopic (exact) mass is 312 g/mol. The van der Waals surface area contributed by atoms with E-state index in [9.17, 15) is 9.90 Å². The van der Waals surface area contributed by atoms with E-state index in [1.54, 1.807) is 24.8 Å². The molecule has 0 atom stereocenters. The summed E-state index contributed by atoms with van der Waals surface area (Å²) in [5.41, 5.74) is 7.36. The Morgan fingerprint density at radius 2 is 2.17 bits per heavy atom. The number of carbonyl (C=O) groups excluding carboxylic acids is 1. The fraction of sp³-hybridized carbons (Fsp3) is 0.462. The van der Waals surface area contributed by atoms with Gasteiger partial charge in [0.15, 0.2) is 0 Å². The van der Waals surface area contributed by atoms with Gasteiger partial charge in [-0.2, -0.15) is 0 Å². The van der Waals surface area contributed by atoms with Crippen LogP contribution in [-0.4, -0.2) is 28.1 Å². The minimum atomic E-state index is -0.755. The number of benzene rings is 1. The largest absolute Gasteiger partial charge is 0.398 e. The fourth-order valence-corrected chi connectivity index (χ4v) is 2.35. The molecule has 0 saturated carbocycles. The number of fused-ring (bicyclic) bond motifs is 1. The van der Waals surface area contributed by atoms with Gasteiger partial charge in [-0.05, 0) is 53.9 Å². The minimum absolute atomic E-state index is 0.00921. The van der Waals surface area contributed by atoms with Gasteiger partial charge in [-0.1, -0.05) is 0 Å². The van der Waals surface area contributed by atoms with Gasteiger partial charge in [-0.15, -0.1) is 0 Å². The molecule has 1 heterocycles. The number of carbonyl (C=O) groups is 1. The maximum absolute atomic E-state index is 12.2. The molecule has 3 N–H and O–H groups in total. The SMILES string of the molecule is CC(C)(O)CCN1Cc2cc(N)c(Br)cc2C1=O. The van der Waals surface area contributed by atoms with E-state index in [4.69, 9.17) is 5.73 Å². The summed E-state index contributed by atoms with van der Waals surface area (Å²) in [5, 5.41) is 9.70. The van der Waals surface area contributed by atoms with Crippen molar-refractivity contribution >= 4 is 27.5 Å². The van der Waals surface area contributed by atoms with E-state index < -0.39 is 5.60 Å². The van der Waals surface area contributed by atoms with E-state index >= 15 is 0 Å². The lowest BCUT2D eigenvalue weighted by Gasteiger charge is -2.22. The van der Waals surface area contributed by atoms with Crippen molar-refractivity contribution < 1.29 is 9.90 Å². The summed E-state index contributed by atoms with van der Waals surface area (Å²) < 4.78 is 0.749. The van der Waals surface area contributed by atoms with Crippen molar-refractivity contribution in [3.05, 3.63) is 27.7 Å². The Kier molecular flexibility index (Phi) is 3.38. The maximum Gasteiger partial charge on any atom is 0.254 e. The van der Waals surface area contributed by atoms with Crippen LogP contribution in [0.5, 0.6) is 0 Å². The molecule has 0 spiro atoms. The van der Waals surface area contributed by atoms with Crippen molar-refractivity contribution in [1.29, 1.82) is 0 Å². The topological polar surface area (TPSA) is 66.6 Å². The van der Waals surface area contributed by atoms with Gasteiger partial charge in [-0.3, -0.25) is 4.79 Å². The smallest absolute Gasteiger partial charge is 0.254 e. The Morgan fingerprint density at radius 3 is 2.78 bits per heavy atom. The summed E-state index contributed by atoms with van der Waals surface area (Å²) >= 11 is 3.33. The number of rotatable bonds is 3. The molecule has 1 aromatic rings. The summed E-state index contributed by atoms with van der Waals surface area (Å²) in [6, 6.07) is 3.61. The predicted molar refractivity (Wildman–Crippen MR) is 74.2 cm³/mol. The zero-order valence-electron chi connectivity index (χ0n) is 10.5. The first-order valence-corrected chi connectivity index (χ1v) is 6.67. The van der Waals surface area contributed by atoms with Crippen LogP contribution in [0, 0.1) is 0 Å². The van der Waals surface area contributed by atoms with E-state index in [-0.39, 0.29) is 5.91 Å². The van der Waals surface area contributed by atoms with E-state index in [1.807, 2.05) is 6.07 Å². The molecule has 1 aliphatic rings. The Hall–Kier alpha value is -1.07. The Morgan fingerprint density at radius 1 is 1.50 bits per heavy atom. The van der Waals surface area contributed by atoms with Crippen LogP contribution < -0.4 is 5.73 Å². The molecule has 4 nitrogen and oxygen atoms in total. The molecule has 0 aliphatic carbocycles. The molecular formula is C13H17BrN2O2. The first kappa shape index (κ1) is 13.4. The highest BCUT2D eigenvalue weighted by molar-refractivity contribution is 9.10. The van der Waals surface area contributed by atoms with Crippen LogP contribution in [0.4, 0.5) is 5.69 Å². The summed E-state index contributed by atoms with van der Waals surface area (Å²) in [7, 11) is 0. The average Bonchev–Trinajstić information content (AvgIpc) is 2.53. The van der Waals surface area contributed by atoms with Gasteiger partial charge < -0.3 is 15.7 Å². The molecular weight excluding hydrogens is 296 g/mol. The van der Waals surface area contributed by atoms with Crippen molar-refractivity contribution in [3.8, 4) is 0 Å². The number of nitrogen functional groups attached to an aromatic ring is 1. The van der Waals surface area contributed by atoms with E-state index in [0.29, 0.717) is 30.8 Å². The zero-order valence-corrected chi connectivity index (χ0v) is 12.1. The van der Waals surface area contributed by atoms with Gasteiger partial charge in [0.2, 0.25) is 0 Å². The number of aliphatic hydroxyl groups is 1. The lowest BCUT2D eigenvalue weighted by atomic mass is 10.1. The van der Waals surface area contributed by atoms with Crippen LogP contribution in [-0.2, 0) is 6.54 Å². The van der Waals surface area contributed by atoms with E-state index in [2.05, 4.69) is 15.9 Å². The van der Waals surface area contributed by atoms with Gasteiger partial charge in [0.1, 0.15) is 0 Å². The fourth-order valence-electron chi connectivity index (χ4n) is 2.00. The van der Waals surface area contributed by atoms with Crippen molar-refractivity contribution in [1.82, 2.24) is 4.90 Å². The minimum Gasteiger partial charge on any atom is -0.398 e. The average molecular weight is 313 g/mol. The molecule has 2 rings (SSSR count). The van der Waals surface area contributed by atoms with Crippen LogP contribution in [0.15, 0.2) is 16.6 Å². The molecule has 1 amide bonds.